The lowest BCUT2D eigenvalue weighted by Gasteiger charge is -2.11. The van der Waals surface area contributed by atoms with Crippen LogP contribution in [0.25, 0.3) is 0 Å². The van der Waals surface area contributed by atoms with E-state index in [9.17, 15) is 9.18 Å². The fourth-order valence-electron chi connectivity index (χ4n) is 1.56. The molecule has 8 heteroatoms. The van der Waals surface area contributed by atoms with Gasteiger partial charge in [-0.1, -0.05) is 17.5 Å². The van der Waals surface area contributed by atoms with Gasteiger partial charge >= 0.3 is 0 Å². The third kappa shape index (κ3) is 3.42. The highest BCUT2D eigenvalue weighted by Crippen LogP contribution is 2.30. The van der Waals surface area contributed by atoms with Crippen LogP contribution in [0.4, 0.5) is 15.9 Å². The van der Waals surface area contributed by atoms with Crippen molar-refractivity contribution in [2.45, 2.75) is 0 Å². The van der Waals surface area contributed by atoms with E-state index in [2.05, 4.69) is 21.2 Å². The molecule has 0 saturated carbocycles. The first-order valence-electron chi connectivity index (χ1n) is 5.95. The molecule has 6 nitrogen and oxygen atoms in total. The van der Waals surface area contributed by atoms with E-state index in [-0.39, 0.29) is 34.4 Å². The fraction of sp³-hybridized carbons (Fsp3) is 0.0714. The van der Waals surface area contributed by atoms with Crippen molar-refractivity contribution in [1.29, 1.82) is 0 Å². The van der Waals surface area contributed by atoms with Crippen LogP contribution in [0.15, 0.2) is 24.7 Å². The van der Waals surface area contributed by atoms with Crippen LogP contribution in [0, 0.1) is 18.2 Å². The summed E-state index contributed by atoms with van der Waals surface area (Å²) in [6, 6.07) is 2.24. The minimum absolute atomic E-state index is 0.0166. The summed E-state index contributed by atoms with van der Waals surface area (Å²) in [6.45, 7) is -0.0434. The van der Waals surface area contributed by atoms with E-state index in [1.807, 2.05) is 0 Å². The number of nitrogens with zero attached hydrogens (tertiary/aromatic N) is 2. The summed E-state index contributed by atoms with van der Waals surface area (Å²) < 4.78 is 19.0. The monoisotopic (exact) mass is 320 g/mol. The van der Waals surface area contributed by atoms with Crippen molar-refractivity contribution in [3.05, 3.63) is 41.1 Å². The molecule has 0 radical (unpaired) electrons. The number of hydrogen-bond acceptors (Lipinski definition) is 5. The molecular formula is C14H10ClFN4O2. The van der Waals surface area contributed by atoms with Crippen LogP contribution in [-0.4, -0.2) is 22.5 Å². The number of anilines is 2. The number of carbonyl (C=O) groups is 1. The third-order valence-corrected chi connectivity index (χ3v) is 2.86. The predicted molar refractivity (Wildman–Crippen MR) is 80.1 cm³/mol. The number of rotatable bonds is 4. The van der Waals surface area contributed by atoms with Crippen molar-refractivity contribution in [3.8, 4) is 18.1 Å². The van der Waals surface area contributed by atoms with Crippen molar-refractivity contribution in [3.63, 3.8) is 0 Å². The number of nitrogens with one attached hydrogen (secondary N) is 1. The molecule has 1 amide bonds. The molecule has 2 rings (SSSR count). The number of hydrogen-bond donors (Lipinski definition) is 2. The second kappa shape index (κ2) is 6.74. The Labute approximate surface area is 130 Å². The van der Waals surface area contributed by atoms with Crippen LogP contribution in [-0.2, 0) is 0 Å². The van der Waals surface area contributed by atoms with Crippen molar-refractivity contribution in [2.24, 2.45) is 0 Å². The highest BCUT2D eigenvalue weighted by molar-refractivity contribution is 6.32. The summed E-state index contributed by atoms with van der Waals surface area (Å²) >= 11 is 5.83. The molecular weight excluding hydrogens is 311 g/mol. The van der Waals surface area contributed by atoms with Crippen molar-refractivity contribution in [1.82, 2.24) is 9.97 Å². The van der Waals surface area contributed by atoms with Gasteiger partial charge in [0.25, 0.3) is 5.91 Å². The summed E-state index contributed by atoms with van der Waals surface area (Å²) in [5.41, 5.74) is 5.44. The first kappa shape index (κ1) is 15.5. The number of terminal acetylenes is 1. The number of benzene rings is 1. The fourth-order valence-corrected chi connectivity index (χ4v) is 1.76. The van der Waals surface area contributed by atoms with E-state index in [1.54, 1.807) is 0 Å². The summed E-state index contributed by atoms with van der Waals surface area (Å²) in [5, 5.41) is 2.38. The Morgan fingerprint density at radius 1 is 1.55 bits per heavy atom. The van der Waals surface area contributed by atoms with E-state index in [4.69, 9.17) is 28.5 Å². The quantitative estimate of drug-likeness (QED) is 0.842. The van der Waals surface area contributed by atoms with Gasteiger partial charge in [-0.05, 0) is 6.07 Å². The molecule has 0 aliphatic rings. The van der Waals surface area contributed by atoms with Gasteiger partial charge in [0.1, 0.15) is 35.9 Å². The van der Waals surface area contributed by atoms with Gasteiger partial charge in [-0.15, -0.1) is 6.42 Å². The minimum atomic E-state index is -0.734. The minimum Gasteiger partial charge on any atom is -0.479 e. The third-order valence-electron chi connectivity index (χ3n) is 2.57. The number of halogens is 2. The number of nitrogens with two attached hydrogens (primary N) is 1. The highest BCUT2D eigenvalue weighted by atomic mass is 35.5. The lowest BCUT2D eigenvalue weighted by atomic mass is 10.2. The van der Waals surface area contributed by atoms with Crippen molar-refractivity contribution >= 4 is 29.0 Å². The summed E-state index contributed by atoms with van der Waals surface area (Å²) in [5.74, 6) is 0.982. The summed E-state index contributed by atoms with van der Waals surface area (Å²) in [4.78, 5) is 19.4. The largest absolute Gasteiger partial charge is 0.479 e. The molecule has 0 atom stereocenters. The molecule has 0 spiro atoms. The van der Waals surface area contributed by atoms with Gasteiger partial charge < -0.3 is 15.8 Å². The highest BCUT2D eigenvalue weighted by Gasteiger charge is 2.15. The van der Waals surface area contributed by atoms with Crippen LogP contribution in [0.2, 0.25) is 5.02 Å². The van der Waals surface area contributed by atoms with Gasteiger partial charge in [-0.3, -0.25) is 4.79 Å². The summed E-state index contributed by atoms with van der Waals surface area (Å²) in [7, 11) is 0. The summed E-state index contributed by atoms with van der Waals surface area (Å²) in [6.07, 6.45) is 7.50. The molecule has 112 valence electrons. The van der Waals surface area contributed by atoms with Crippen LogP contribution in [0.1, 0.15) is 10.4 Å². The Morgan fingerprint density at radius 2 is 2.32 bits per heavy atom. The molecule has 1 aromatic heterocycles. The Morgan fingerprint density at radius 3 is 3.00 bits per heavy atom. The smallest absolute Gasteiger partial charge is 0.261 e. The average molecular weight is 321 g/mol. The first-order chi connectivity index (χ1) is 10.5. The maximum atomic E-state index is 13.9. The molecule has 22 heavy (non-hydrogen) atoms. The van der Waals surface area contributed by atoms with E-state index >= 15 is 0 Å². The van der Waals surface area contributed by atoms with Gasteiger partial charge in [0.05, 0.1) is 10.7 Å². The van der Waals surface area contributed by atoms with Crippen molar-refractivity contribution in [2.75, 3.05) is 17.7 Å². The van der Waals surface area contributed by atoms with E-state index in [1.165, 1.54) is 18.6 Å². The maximum Gasteiger partial charge on any atom is 0.261 e. The predicted octanol–water partition coefficient (Wildman–Crippen LogP) is 2.12. The molecule has 2 aromatic rings. The molecule has 3 N–H and O–H groups in total. The van der Waals surface area contributed by atoms with Gasteiger partial charge in [-0.25, -0.2) is 14.4 Å². The Kier molecular flexibility index (Phi) is 4.76. The zero-order valence-corrected chi connectivity index (χ0v) is 11.9. The lowest BCUT2D eigenvalue weighted by molar-refractivity contribution is 0.102. The van der Waals surface area contributed by atoms with Crippen molar-refractivity contribution < 1.29 is 13.9 Å². The lowest BCUT2D eigenvalue weighted by Crippen LogP contribution is -2.16. The SMILES string of the molecule is C#CCOc1cc(NC(=O)c2cncnc2N)c(F)cc1Cl. The maximum absolute atomic E-state index is 13.9. The zero-order valence-electron chi connectivity index (χ0n) is 11.1. The topological polar surface area (TPSA) is 90.1 Å². The molecule has 1 heterocycles. The van der Waals surface area contributed by atoms with Gasteiger partial charge in [0.2, 0.25) is 0 Å². The average Bonchev–Trinajstić information content (AvgIpc) is 2.49. The molecule has 0 unspecified atom stereocenters. The molecule has 0 fully saturated rings. The number of carbonyl (C=O) groups excluding carboxylic acids is 1. The standard InChI is InChI=1S/C14H10ClFN4O2/c1-2-3-22-12-5-11(10(16)4-9(12)15)20-14(21)8-6-18-7-19-13(8)17/h1,4-7H,3H2,(H,20,21)(H2,17,18,19). The Bertz CT molecular complexity index is 761. The Hall–Kier alpha value is -2.85. The Balaban J connectivity index is 2.27. The van der Waals surface area contributed by atoms with E-state index in [0.717, 1.165) is 6.07 Å². The molecule has 0 aliphatic heterocycles. The normalized spacial score (nSPS) is 9.86. The first-order valence-corrected chi connectivity index (χ1v) is 6.33. The van der Waals surface area contributed by atoms with Gasteiger partial charge in [0.15, 0.2) is 0 Å². The zero-order chi connectivity index (χ0) is 16.1. The molecule has 0 bridgehead atoms. The molecule has 1 aromatic carbocycles. The second-order valence-corrected chi connectivity index (χ2v) is 4.44. The number of nitrogen functional groups attached to an aromatic ring is 1. The van der Waals surface area contributed by atoms with Gasteiger partial charge in [-0.2, -0.15) is 0 Å². The van der Waals surface area contributed by atoms with Crippen LogP contribution < -0.4 is 15.8 Å². The van der Waals surface area contributed by atoms with Crippen LogP contribution in [0.3, 0.4) is 0 Å². The number of ether oxygens (including phenoxy) is 1. The molecule has 0 aliphatic carbocycles. The van der Waals surface area contributed by atoms with Gasteiger partial charge in [0, 0.05) is 12.3 Å². The number of amides is 1. The van der Waals surface area contributed by atoms with Crippen LogP contribution in [0.5, 0.6) is 5.75 Å². The molecule has 0 saturated heterocycles. The van der Waals surface area contributed by atoms with Crippen LogP contribution >= 0.6 is 11.6 Å². The number of aromatic nitrogens is 2. The van der Waals surface area contributed by atoms with E-state index in [0.29, 0.717) is 0 Å². The second-order valence-electron chi connectivity index (χ2n) is 4.03. The van der Waals surface area contributed by atoms with E-state index < -0.39 is 11.7 Å².